The normalized spacial score (nSPS) is 29.6. The van der Waals surface area contributed by atoms with Crippen molar-refractivity contribution in [1.29, 1.82) is 0 Å². The van der Waals surface area contributed by atoms with Crippen molar-refractivity contribution < 1.29 is 14.3 Å². The lowest BCUT2D eigenvalue weighted by Crippen LogP contribution is -2.48. The third kappa shape index (κ3) is 9.11. The monoisotopic (exact) mass is 380 g/mol. The van der Waals surface area contributed by atoms with Crippen LogP contribution in [0, 0.1) is 11.8 Å². The van der Waals surface area contributed by atoms with Crippen LogP contribution >= 0.6 is 0 Å². The Labute approximate surface area is 165 Å². The molecule has 5 nitrogen and oxygen atoms in total. The lowest BCUT2D eigenvalue weighted by atomic mass is 9.82. The van der Waals surface area contributed by atoms with Gasteiger partial charge in [-0.2, -0.15) is 0 Å². The summed E-state index contributed by atoms with van der Waals surface area (Å²) in [5.74, 6) is 1.44. The number of nitrogens with one attached hydrogen (secondary N) is 2. The van der Waals surface area contributed by atoms with Crippen LogP contribution in [0.15, 0.2) is 12.2 Å². The molecule has 0 bridgehead atoms. The Morgan fingerprint density at radius 3 is 2.56 bits per heavy atom. The van der Waals surface area contributed by atoms with E-state index in [1.54, 1.807) is 0 Å². The Morgan fingerprint density at radius 1 is 1.15 bits per heavy atom. The van der Waals surface area contributed by atoms with Gasteiger partial charge in [0.05, 0.1) is 0 Å². The maximum atomic E-state index is 12.0. The molecule has 2 atom stereocenters. The van der Waals surface area contributed by atoms with Gasteiger partial charge in [0.25, 0.3) is 0 Å². The number of amides is 1. The number of piperidine rings is 1. The second-order valence-electron chi connectivity index (χ2n) is 9.17. The third-order valence-corrected chi connectivity index (χ3v) is 5.37. The summed E-state index contributed by atoms with van der Waals surface area (Å²) in [5.41, 5.74) is -0.448. The van der Waals surface area contributed by atoms with E-state index in [4.69, 9.17) is 9.47 Å². The molecule has 0 aromatic heterocycles. The summed E-state index contributed by atoms with van der Waals surface area (Å²) >= 11 is 0. The predicted octanol–water partition coefficient (Wildman–Crippen LogP) is 4.42. The Kier molecular flexibility index (Phi) is 9.10. The molecule has 2 aliphatic rings. The second kappa shape index (κ2) is 11.1. The number of hydrogen-bond donors (Lipinski definition) is 2. The predicted molar refractivity (Wildman–Crippen MR) is 110 cm³/mol. The van der Waals surface area contributed by atoms with Crippen LogP contribution in [-0.2, 0) is 9.47 Å². The number of carbonyl (C=O) groups is 1. The van der Waals surface area contributed by atoms with Crippen LogP contribution in [0.25, 0.3) is 0 Å². The average Bonchev–Trinajstić information content (AvgIpc) is 2.60. The van der Waals surface area contributed by atoms with Crippen LogP contribution in [0.2, 0.25) is 0 Å². The summed E-state index contributed by atoms with van der Waals surface area (Å²) in [6.07, 6.45) is 12.5. The fraction of sp³-hybridized carbons (Fsp3) is 0.864. The molecule has 0 aromatic carbocycles. The largest absolute Gasteiger partial charge is 0.444 e. The van der Waals surface area contributed by atoms with Gasteiger partial charge in [0.1, 0.15) is 5.60 Å². The Hall–Kier alpha value is -1.07. The van der Waals surface area contributed by atoms with Gasteiger partial charge in [-0.05, 0) is 84.1 Å². The zero-order valence-electron chi connectivity index (χ0n) is 17.8. The summed E-state index contributed by atoms with van der Waals surface area (Å²) in [6, 6.07) is 0.520. The van der Waals surface area contributed by atoms with E-state index in [1.165, 1.54) is 25.7 Å². The first-order valence-corrected chi connectivity index (χ1v) is 10.8. The van der Waals surface area contributed by atoms with E-state index in [1.807, 2.05) is 20.8 Å². The van der Waals surface area contributed by atoms with E-state index in [0.717, 1.165) is 44.9 Å². The number of ether oxygens (including phenoxy) is 2. The molecule has 1 amide bonds. The summed E-state index contributed by atoms with van der Waals surface area (Å²) < 4.78 is 11.1. The lowest BCUT2D eigenvalue weighted by Gasteiger charge is -2.31. The van der Waals surface area contributed by atoms with Gasteiger partial charge in [0.15, 0.2) is 0 Å². The van der Waals surface area contributed by atoms with Crippen molar-refractivity contribution in [2.75, 3.05) is 19.8 Å². The molecule has 1 aliphatic carbocycles. The Morgan fingerprint density at radius 2 is 1.89 bits per heavy atom. The first-order chi connectivity index (χ1) is 12.9. The maximum Gasteiger partial charge on any atom is 0.407 e. The van der Waals surface area contributed by atoms with Gasteiger partial charge in [-0.15, -0.1) is 0 Å². The maximum absolute atomic E-state index is 12.0. The van der Waals surface area contributed by atoms with Gasteiger partial charge in [0.2, 0.25) is 0 Å². The Balaban J connectivity index is 1.68. The van der Waals surface area contributed by atoms with Crippen molar-refractivity contribution in [3.63, 3.8) is 0 Å². The number of alkyl carbamates (subject to hydrolysis) is 1. The molecular weight excluding hydrogens is 340 g/mol. The van der Waals surface area contributed by atoms with Gasteiger partial charge >= 0.3 is 6.09 Å². The van der Waals surface area contributed by atoms with Crippen LogP contribution in [0.1, 0.15) is 72.6 Å². The summed E-state index contributed by atoms with van der Waals surface area (Å²) in [6.45, 7) is 10.6. The minimum absolute atomic E-state index is 0.183. The summed E-state index contributed by atoms with van der Waals surface area (Å²) in [4.78, 5) is 12.0. The number of rotatable bonds is 7. The molecule has 1 saturated carbocycles. The first-order valence-electron chi connectivity index (χ1n) is 10.8. The third-order valence-electron chi connectivity index (χ3n) is 5.37. The molecule has 0 radical (unpaired) electrons. The van der Waals surface area contributed by atoms with Gasteiger partial charge in [-0.25, -0.2) is 4.79 Å². The van der Waals surface area contributed by atoms with Crippen LogP contribution < -0.4 is 10.6 Å². The van der Waals surface area contributed by atoms with Gasteiger partial charge in [-0.1, -0.05) is 19.1 Å². The molecular formula is C22H40N2O3. The van der Waals surface area contributed by atoms with E-state index in [2.05, 4.69) is 29.7 Å². The van der Waals surface area contributed by atoms with Crippen molar-refractivity contribution in [3.8, 4) is 0 Å². The zero-order chi connectivity index (χ0) is 19.7. The van der Waals surface area contributed by atoms with Crippen LogP contribution in [0.3, 0.4) is 0 Å². The van der Waals surface area contributed by atoms with Gasteiger partial charge < -0.3 is 20.1 Å². The highest BCUT2D eigenvalue weighted by Gasteiger charge is 2.25. The quantitative estimate of drug-likeness (QED) is 0.507. The Bertz CT molecular complexity index is 465. The van der Waals surface area contributed by atoms with E-state index < -0.39 is 5.60 Å². The van der Waals surface area contributed by atoms with Crippen molar-refractivity contribution in [2.45, 2.75) is 90.3 Å². The fourth-order valence-electron chi connectivity index (χ4n) is 3.94. The van der Waals surface area contributed by atoms with E-state index >= 15 is 0 Å². The second-order valence-corrected chi connectivity index (χ2v) is 9.17. The molecule has 2 unspecified atom stereocenters. The fourth-order valence-corrected chi connectivity index (χ4v) is 3.94. The minimum atomic E-state index is -0.448. The molecule has 1 heterocycles. The molecule has 1 aliphatic heterocycles. The van der Waals surface area contributed by atoms with Gasteiger partial charge in [0, 0.05) is 25.3 Å². The van der Waals surface area contributed by atoms with Crippen molar-refractivity contribution in [1.82, 2.24) is 10.6 Å². The smallest absolute Gasteiger partial charge is 0.407 e. The van der Waals surface area contributed by atoms with E-state index in [9.17, 15) is 4.79 Å². The molecule has 0 spiro atoms. The average molecular weight is 381 g/mol. The van der Waals surface area contributed by atoms with E-state index in [-0.39, 0.29) is 12.1 Å². The van der Waals surface area contributed by atoms with Crippen LogP contribution in [-0.4, -0.2) is 43.5 Å². The first kappa shape index (κ1) is 22.2. The van der Waals surface area contributed by atoms with Gasteiger partial charge in [-0.3, -0.25) is 0 Å². The minimum Gasteiger partial charge on any atom is -0.444 e. The summed E-state index contributed by atoms with van der Waals surface area (Å²) in [5, 5.41) is 6.58. The highest BCUT2D eigenvalue weighted by Crippen LogP contribution is 2.30. The van der Waals surface area contributed by atoms with Crippen LogP contribution in [0.5, 0.6) is 0 Å². The number of allylic oxidation sites excluding steroid dienone is 1. The molecule has 2 rings (SSSR count). The molecule has 2 fully saturated rings. The van der Waals surface area contributed by atoms with Crippen molar-refractivity contribution >= 4 is 6.09 Å². The molecule has 5 heteroatoms. The van der Waals surface area contributed by atoms with Crippen molar-refractivity contribution in [3.05, 3.63) is 12.2 Å². The highest BCUT2D eigenvalue weighted by atomic mass is 16.6. The summed E-state index contributed by atoms with van der Waals surface area (Å²) in [7, 11) is 0. The highest BCUT2D eigenvalue weighted by molar-refractivity contribution is 5.68. The number of hydrogen-bond acceptors (Lipinski definition) is 4. The molecule has 2 N–H and O–H groups in total. The molecule has 27 heavy (non-hydrogen) atoms. The zero-order valence-corrected chi connectivity index (χ0v) is 17.8. The molecule has 1 saturated heterocycles. The SMILES string of the molecule is CCCOCC1CCC(/C=C\C2CC(NC(=O)OC(C)(C)C)CCN2)CC1. The molecule has 156 valence electrons. The van der Waals surface area contributed by atoms with Crippen LogP contribution in [0.4, 0.5) is 4.79 Å². The van der Waals surface area contributed by atoms with Crippen molar-refractivity contribution in [2.24, 2.45) is 11.8 Å². The number of carbonyl (C=O) groups excluding carboxylic acids is 1. The topological polar surface area (TPSA) is 59.6 Å². The standard InChI is InChI=1S/C22H40N2O3/c1-5-14-26-16-18-8-6-17(7-9-18)10-11-19-15-20(12-13-23-19)24-21(25)27-22(2,3)4/h10-11,17-20,23H,5-9,12-16H2,1-4H3,(H,24,25)/b11-10-. The van der Waals surface area contributed by atoms with E-state index in [0.29, 0.717) is 12.0 Å². The lowest BCUT2D eigenvalue weighted by molar-refractivity contribution is 0.0492. The molecule has 0 aromatic rings.